The molecule has 0 bridgehead atoms. The molecule has 0 saturated carbocycles. The SMILES string of the molecule is Cc1ccc(N2C(=O)CSC2c2ccc(NC(=O)c3cccc(F)c3)cc2)cc1. The molecule has 0 aliphatic carbocycles. The number of nitrogens with one attached hydrogen (secondary N) is 1. The maximum absolute atomic E-state index is 13.3. The number of anilines is 2. The molecule has 3 aromatic carbocycles. The molecule has 1 saturated heterocycles. The van der Waals surface area contributed by atoms with Crippen molar-refractivity contribution in [1.82, 2.24) is 0 Å². The molecule has 29 heavy (non-hydrogen) atoms. The predicted molar refractivity (Wildman–Crippen MR) is 115 cm³/mol. The number of thioether (sulfide) groups is 1. The fraction of sp³-hybridized carbons (Fsp3) is 0.130. The minimum atomic E-state index is -0.452. The lowest BCUT2D eigenvalue weighted by Crippen LogP contribution is -2.27. The summed E-state index contributed by atoms with van der Waals surface area (Å²) in [6.45, 7) is 2.01. The van der Waals surface area contributed by atoms with Crippen molar-refractivity contribution in [3.63, 3.8) is 0 Å². The maximum Gasteiger partial charge on any atom is 0.255 e. The fourth-order valence-corrected chi connectivity index (χ4v) is 4.40. The summed E-state index contributed by atoms with van der Waals surface area (Å²) in [4.78, 5) is 26.5. The Morgan fingerprint density at radius 3 is 2.48 bits per heavy atom. The van der Waals surface area contributed by atoms with Crippen LogP contribution in [0.25, 0.3) is 0 Å². The van der Waals surface area contributed by atoms with Gasteiger partial charge in [-0.2, -0.15) is 0 Å². The Kier molecular flexibility index (Phi) is 5.36. The molecule has 3 aromatic rings. The molecule has 0 aromatic heterocycles. The number of carbonyl (C=O) groups is 2. The van der Waals surface area contributed by atoms with Gasteiger partial charge in [0.2, 0.25) is 5.91 Å². The third-order valence-corrected chi connectivity index (χ3v) is 5.93. The summed E-state index contributed by atoms with van der Waals surface area (Å²) in [7, 11) is 0. The van der Waals surface area contributed by atoms with Crippen molar-refractivity contribution in [2.45, 2.75) is 12.3 Å². The summed E-state index contributed by atoms with van der Waals surface area (Å²) in [5, 5.41) is 2.66. The zero-order valence-electron chi connectivity index (χ0n) is 15.8. The molecule has 0 spiro atoms. The zero-order chi connectivity index (χ0) is 20.4. The van der Waals surface area contributed by atoms with Gasteiger partial charge in [-0.05, 0) is 55.0 Å². The molecule has 1 aliphatic rings. The van der Waals surface area contributed by atoms with Crippen molar-refractivity contribution >= 4 is 35.0 Å². The van der Waals surface area contributed by atoms with Crippen LogP contribution >= 0.6 is 11.8 Å². The first-order valence-electron chi connectivity index (χ1n) is 9.18. The topological polar surface area (TPSA) is 49.4 Å². The summed E-state index contributed by atoms with van der Waals surface area (Å²) in [5.41, 5.74) is 3.86. The molecule has 1 fully saturated rings. The van der Waals surface area contributed by atoms with Gasteiger partial charge in [0.1, 0.15) is 11.2 Å². The molecule has 6 heteroatoms. The average molecular weight is 406 g/mol. The monoisotopic (exact) mass is 406 g/mol. The first kappa shape index (κ1) is 19.2. The molecular weight excluding hydrogens is 387 g/mol. The van der Waals surface area contributed by atoms with Crippen LogP contribution in [0.3, 0.4) is 0 Å². The van der Waals surface area contributed by atoms with Crippen molar-refractivity contribution in [3.05, 3.63) is 95.3 Å². The van der Waals surface area contributed by atoms with Crippen LogP contribution in [0.1, 0.15) is 26.9 Å². The van der Waals surface area contributed by atoms with Crippen molar-refractivity contribution < 1.29 is 14.0 Å². The molecule has 4 nitrogen and oxygen atoms in total. The number of benzene rings is 3. The van der Waals surface area contributed by atoms with Crippen LogP contribution < -0.4 is 10.2 Å². The number of hydrogen-bond acceptors (Lipinski definition) is 3. The highest BCUT2D eigenvalue weighted by molar-refractivity contribution is 8.00. The second kappa shape index (κ2) is 8.09. The molecule has 146 valence electrons. The smallest absolute Gasteiger partial charge is 0.255 e. The van der Waals surface area contributed by atoms with Gasteiger partial charge in [0.15, 0.2) is 0 Å². The van der Waals surface area contributed by atoms with E-state index in [-0.39, 0.29) is 22.8 Å². The lowest BCUT2D eigenvalue weighted by molar-refractivity contribution is -0.115. The lowest BCUT2D eigenvalue weighted by atomic mass is 10.1. The van der Waals surface area contributed by atoms with E-state index >= 15 is 0 Å². The summed E-state index contributed by atoms with van der Waals surface area (Å²) in [5.74, 6) is -0.320. The highest BCUT2D eigenvalue weighted by Crippen LogP contribution is 2.41. The number of aryl methyl sites for hydroxylation is 1. The van der Waals surface area contributed by atoms with Gasteiger partial charge in [0.25, 0.3) is 5.91 Å². The van der Waals surface area contributed by atoms with Crippen LogP contribution in [0.4, 0.5) is 15.8 Å². The van der Waals surface area contributed by atoms with Crippen molar-refractivity contribution in [2.75, 3.05) is 16.0 Å². The fourth-order valence-electron chi connectivity index (χ4n) is 3.22. The summed E-state index contributed by atoms with van der Waals surface area (Å²) < 4.78 is 13.3. The molecular formula is C23H19FN2O2S. The van der Waals surface area contributed by atoms with Crippen molar-refractivity contribution in [3.8, 4) is 0 Å². The summed E-state index contributed by atoms with van der Waals surface area (Å²) in [6, 6.07) is 20.9. The molecule has 1 heterocycles. The molecule has 0 radical (unpaired) electrons. The minimum Gasteiger partial charge on any atom is -0.322 e. The second-order valence-electron chi connectivity index (χ2n) is 6.85. The van der Waals surface area contributed by atoms with E-state index in [2.05, 4.69) is 5.32 Å². The van der Waals surface area contributed by atoms with E-state index in [1.165, 1.54) is 18.2 Å². The van der Waals surface area contributed by atoms with Gasteiger partial charge in [-0.3, -0.25) is 14.5 Å². The predicted octanol–water partition coefficient (Wildman–Crippen LogP) is 5.17. The Morgan fingerprint density at radius 2 is 1.79 bits per heavy atom. The molecule has 4 rings (SSSR count). The van der Waals surface area contributed by atoms with Gasteiger partial charge in [-0.25, -0.2) is 4.39 Å². The van der Waals surface area contributed by atoms with E-state index in [0.717, 1.165) is 16.8 Å². The van der Waals surface area contributed by atoms with Crippen LogP contribution in [0.5, 0.6) is 0 Å². The second-order valence-corrected chi connectivity index (χ2v) is 7.92. The van der Waals surface area contributed by atoms with E-state index in [4.69, 9.17) is 0 Å². The Bertz CT molecular complexity index is 1050. The number of rotatable bonds is 4. The van der Waals surface area contributed by atoms with Crippen LogP contribution in [0.2, 0.25) is 0 Å². The molecule has 1 atom stereocenters. The van der Waals surface area contributed by atoms with Gasteiger partial charge in [-0.1, -0.05) is 35.9 Å². The summed E-state index contributed by atoms with van der Waals surface area (Å²) >= 11 is 1.58. The number of hydrogen-bond donors (Lipinski definition) is 1. The third-order valence-electron chi connectivity index (χ3n) is 4.72. The number of nitrogens with zero attached hydrogens (tertiary/aromatic N) is 1. The van der Waals surface area contributed by atoms with Gasteiger partial charge in [0.05, 0.1) is 5.75 Å². The Hall–Kier alpha value is -3.12. The largest absolute Gasteiger partial charge is 0.322 e. The lowest BCUT2D eigenvalue weighted by Gasteiger charge is -2.24. The van der Waals surface area contributed by atoms with Crippen LogP contribution in [-0.2, 0) is 4.79 Å². The summed E-state index contributed by atoms with van der Waals surface area (Å²) in [6.07, 6.45) is 0. The number of carbonyl (C=O) groups excluding carboxylic acids is 2. The Labute approximate surface area is 172 Å². The van der Waals surface area contributed by atoms with Gasteiger partial charge < -0.3 is 5.32 Å². The van der Waals surface area contributed by atoms with E-state index < -0.39 is 5.82 Å². The zero-order valence-corrected chi connectivity index (χ0v) is 16.6. The molecule has 1 N–H and O–H groups in total. The quantitative estimate of drug-likeness (QED) is 0.651. The van der Waals surface area contributed by atoms with E-state index in [0.29, 0.717) is 11.4 Å². The van der Waals surface area contributed by atoms with Gasteiger partial charge in [0, 0.05) is 16.9 Å². The van der Waals surface area contributed by atoms with Crippen LogP contribution in [-0.4, -0.2) is 17.6 Å². The number of halogens is 1. The van der Waals surface area contributed by atoms with E-state index in [9.17, 15) is 14.0 Å². The maximum atomic E-state index is 13.3. The highest BCUT2D eigenvalue weighted by atomic mass is 32.2. The Morgan fingerprint density at radius 1 is 1.07 bits per heavy atom. The molecule has 2 amide bonds. The average Bonchev–Trinajstić information content (AvgIpc) is 3.10. The Balaban J connectivity index is 1.51. The first-order valence-corrected chi connectivity index (χ1v) is 10.2. The van der Waals surface area contributed by atoms with Crippen molar-refractivity contribution in [2.24, 2.45) is 0 Å². The molecule has 1 unspecified atom stereocenters. The normalized spacial score (nSPS) is 16.1. The standard InChI is InChI=1S/C23H19FN2O2S/c1-15-5-11-20(12-6-15)26-21(27)14-29-23(26)16-7-9-19(10-8-16)25-22(28)17-3-2-4-18(24)13-17/h2-13,23H,14H2,1H3,(H,25,28). The van der Waals surface area contributed by atoms with Crippen LogP contribution in [0.15, 0.2) is 72.8 Å². The highest BCUT2D eigenvalue weighted by Gasteiger charge is 2.33. The first-order chi connectivity index (χ1) is 14.0. The third kappa shape index (κ3) is 4.17. The van der Waals surface area contributed by atoms with E-state index in [1.807, 2.05) is 48.2 Å². The number of amides is 2. The van der Waals surface area contributed by atoms with Gasteiger partial charge in [-0.15, -0.1) is 11.8 Å². The van der Waals surface area contributed by atoms with Crippen molar-refractivity contribution in [1.29, 1.82) is 0 Å². The minimum absolute atomic E-state index is 0.0762. The van der Waals surface area contributed by atoms with Crippen LogP contribution in [0, 0.1) is 12.7 Å². The van der Waals surface area contributed by atoms with Gasteiger partial charge >= 0.3 is 0 Å². The van der Waals surface area contributed by atoms with E-state index in [1.54, 1.807) is 30.0 Å². The molecule has 1 aliphatic heterocycles.